The average molecular weight is 229 g/mol. The van der Waals surface area contributed by atoms with E-state index in [0.717, 1.165) is 31.5 Å². The number of hydrogen-bond donors (Lipinski definition) is 1. The second kappa shape index (κ2) is 4.84. The molecular weight excluding hydrogens is 210 g/mol. The molecule has 1 N–H and O–H groups in total. The van der Waals surface area contributed by atoms with Crippen LogP contribution in [-0.2, 0) is 10.2 Å². The minimum absolute atomic E-state index is 0.199. The van der Waals surface area contributed by atoms with Crippen LogP contribution in [0.25, 0.3) is 0 Å². The van der Waals surface area contributed by atoms with E-state index >= 15 is 0 Å². The highest BCUT2D eigenvalue weighted by atomic mass is 16.1. The van der Waals surface area contributed by atoms with Gasteiger partial charge in [-0.1, -0.05) is 36.9 Å². The van der Waals surface area contributed by atoms with Gasteiger partial charge in [0.1, 0.15) is 0 Å². The summed E-state index contributed by atoms with van der Waals surface area (Å²) in [5, 5.41) is 3.32. The smallest absolute Gasteiger partial charge is 0.168 e. The van der Waals surface area contributed by atoms with Crippen LogP contribution in [0.1, 0.15) is 25.3 Å². The summed E-state index contributed by atoms with van der Waals surface area (Å²) in [5.74, 6) is 0.199. The largest absolute Gasteiger partial charge is 0.317 e. The van der Waals surface area contributed by atoms with Crippen molar-refractivity contribution in [2.24, 2.45) is 0 Å². The number of carbonyl (C=O) groups excluding carboxylic acids is 1. The van der Waals surface area contributed by atoms with Crippen molar-refractivity contribution >= 4 is 5.78 Å². The van der Waals surface area contributed by atoms with Crippen molar-refractivity contribution in [3.05, 3.63) is 48.0 Å². The first-order chi connectivity index (χ1) is 8.17. The fraction of sp³-hybridized carbons (Fsp3) is 0.400. The van der Waals surface area contributed by atoms with Gasteiger partial charge in [-0.05, 0) is 44.0 Å². The molecule has 1 fully saturated rings. The van der Waals surface area contributed by atoms with Crippen molar-refractivity contribution in [3.8, 4) is 0 Å². The number of rotatable bonds is 3. The molecule has 0 atom stereocenters. The predicted molar refractivity (Wildman–Crippen MR) is 70.0 cm³/mol. The Morgan fingerprint density at radius 2 is 1.82 bits per heavy atom. The zero-order valence-corrected chi connectivity index (χ0v) is 10.3. The van der Waals surface area contributed by atoms with Gasteiger partial charge in [0.15, 0.2) is 5.78 Å². The van der Waals surface area contributed by atoms with E-state index in [1.807, 2.05) is 25.1 Å². The molecule has 1 aromatic carbocycles. The van der Waals surface area contributed by atoms with E-state index < -0.39 is 0 Å². The summed E-state index contributed by atoms with van der Waals surface area (Å²) in [6, 6.07) is 10.1. The van der Waals surface area contributed by atoms with Crippen molar-refractivity contribution in [2.45, 2.75) is 25.2 Å². The lowest BCUT2D eigenvalue weighted by atomic mass is 9.68. The molecule has 0 amide bonds. The van der Waals surface area contributed by atoms with E-state index in [9.17, 15) is 4.79 Å². The lowest BCUT2D eigenvalue weighted by Crippen LogP contribution is -2.45. The highest BCUT2D eigenvalue weighted by Crippen LogP contribution is 2.36. The number of nitrogens with one attached hydrogen (secondary N) is 1. The molecule has 1 aliphatic heterocycles. The fourth-order valence-corrected chi connectivity index (χ4v) is 2.67. The highest BCUT2D eigenvalue weighted by molar-refractivity contribution is 6.02. The molecule has 2 nitrogen and oxygen atoms in total. The van der Waals surface area contributed by atoms with Crippen LogP contribution in [0.4, 0.5) is 0 Å². The number of allylic oxidation sites excluding steroid dienone is 1. The van der Waals surface area contributed by atoms with Crippen LogP contribution in [-0.4, -0.2) is 18.9 Å². The first-order valence-electron chi connectivity index (χ1n) is 6.13. The molecule has 0 saturated carbocycles. The van der Waals surface area contributed by atoms with E-state index in [-0.39, 0.29) is 11.2 Å². The van der Waals surface area contributed by atoms with Gasteiger partial charge in [-0.3, -0.25) is 4.79 Å². The molecule has 0 unspecified atom stereocenters. The van der Waals surface area contributed by atoms with Crippen molar-refractivity contribution in [2.75, 3.05) is 13.1 Å². The summed E-state index contributed by atoms with van der Waals surface area (Å²) in [6.07, 6.45) is 1.73. The Bertz CT molecular complexity index is 416. The molecule has 1 aromatic rings. The zero-order chi connectivity index (χ0) is 12.3. The first kappa shape index (κ1) is 12.1. The van der Waals surface area contributed by atoms with Gasteiger partial charge in [-0.25, -0.2) is 0 Å². The summed E-state index contributed by atoms with van der Waals surface area (Å²) in [5.41, 5.74) is 1.45. The Morgan fingerprint density at radius 3 is 2.35 bits per heavy atom. The normalized spacial score (nSPS) is 18.6. The lowest BCUT2D eigenvalue weighted by Gasteiger charge is -2.37. The van der Waals surface area contributed by atoms with Gasteiger partial charge < -0.3 is 5.32 Å². The standard InChI is InChI=1S/C15H19NO/c1-12(2)14(17)15(8-10-16-11-9-15)13-6-4-3-5-7-13/h3-7,16H,1,8-11H2,2H3. The number of benzene rings is 1. The predicted octanol–water partition coefficient (Wildman–Crippen LogP) is 2.45. The molecular formula is C15H19NO. The summed E-state index contributed by atoms with van der Waals surface area (Å²) in [7, 11) is 0. The minimum Gasteiger partial charge on any atom is -0.317 e. The molecule has 0 radical (unpaired) electrons. The molecule has 1 heterocycles. The highest BCUT2D eigenvalue weighted by Gasteiger charge is 2.40. The van der Waals surface area contributed by atoms with Crippen LogP contribution in [0.2, 0.25) is 0 Å². The third-order valence-corrected chi connectivity index (χ3v) is 3.61. The van der Waals surface area contributed by atoms with Crippen LogP contribution in [0.15, 0.2) is 42.5 Å². The molecule has 1 aliphatic rings. The van der Waals surface area contributed by atoms with Gasteiger partial charge in [0.25, 0.3) is 0 Å². The molecule has 2 heteroatoms. The van der Waals surface area contributed by atoms with Crippen LogP contribution >= 0.6 is 0 Å². The number of ketones is 1. The quantitative estimate of drug-likeness (QED) is 0.807. The lowest BCUT2D eigenvalue weighted by molar-refractivity contribution is -0.121. The Morgan fingerprint density at radius 1 is 1.24 bits per heavy atom. The molecule has 0 spiro atoms. The van der Waals surface area contributed by atoms with Crippen LogP contribution in [0.3, 0.4) is 0 Å². The average Bonchev–Trinajstić information content (AvgIpc) is 2.39. The molecule has 0 aliphatic carbocycles. The summed E-state index contributed by atoms with van der Waals surface area (Å²) >= 11 is 0. The fourth-order valence-electron chi connectivity index (χ4n) is 2.67. The third kappa shape index (κ3) is 2.18. The van der Waals surface area contributed by atoms with E-state index in [1.165, 1.54) is 0 Å². The summed E-state index contributed by atoms with van der Waals surface area (Å²) in [4.78, 5) is 12.5. The summed E-state index contributed by atoms with van der Waals surface area (Å²) < 4.78 is 0. The molecule has 17 heavy (non-hydrogen) atoms. The van der Waals surface area contributed by atoms with Crippen molar-refractivity contribution in [1.29, 1.82) is 0 Å². The van der Waals surface area contributed by atoms with E-state index in [2.05, 4.69) is 24.0 Å². The molecule has 1 saturated heterocycles. The maximum absolute atomic E-state index is 12.5. The summed E-state index contributed by atoms with van der Waals surface area (Å²) in [6.45, 7) is 7.44. The Kier molecular flexibility index (Phi) is 3.43. The molecule has 0 aromatic heterocycles. The monoisotopic (exact) mass is 229 g/mol. The van der Waals surface area contributed by atoms with Gasteiger partial charge in [0.05, 0.1) is 5.41 Å². The van der Waals surface area contributed by atoms with E-state index in [4.69, 9.17) is 0 Å². The molecule has 2 rings (SSSR count). The zero-order valence-electron chi connectivity index (χ0n) is 10.3. The third-order valence-electron chi connectivity index (χ3n) is 3.61. The van der Waals surface area contributed by atoms with Gasteiger partial charge in [-0.2, -0.15) is 0 Å². The second-order valence-corrected chi connectivity index (χ2v) is 4.81. The first-order valence-corrected chi connectivity index (χ1v) is 6.13. The topological polar surface area (TPSA) is 29.1 Å². The second-order valence-electron chi connectivity index (χ2n) is 4.81. The van der Waals surface area contributed by atoms with Crippen LogP contribution in [0, 0.1) is 0 Å². The van der Waals surface area contributed by atoms with E-state index in [0.29, 0.717) is 5.57 Å². The minimum atomic E-state index is -0.349. The van der Waals surface area contributed by atoms with Crippen molar-refractivity contribution in [3.63, 3.8) is 0 Å². The van der Waals surface area contributed by atoms with Gasteiger partial charge in [-0.15, -0.1) is 0 Å². The number of Topliss-reactive ketones (excluding diaryl/α,β-unsaturated/α-hetero) is 1. The maximum atomic E-state index is 12.5. The van der Waals surface area contributed by atoms with Crippen molar-refractivity contribution < 1.29 is 4.79 Å². The van der Waals surface area contributed by atoms with E-state index in [1.54, 1.807) is 0 Å². The SMILES string of the molecule is C=C(C)C(=O)C1(c2ccccc2)CCNCC1. The Balaban J connectivity index is 2.43. The number of hydrogen-bond acceptors (Lipinski definition) is 2. The van der Waals surface area contributed by atoms with Crippen LogP contribution in [0.5, 0.6) is 0 Å². The number of carbonyl (C=O) groups is 1. The molecule has 90 valence electrons. The number of piperidine rings is 1. The van der Waals surface area contributed by atoms with Crippen LogP contribution < -0.4 is 5.32 Å². The maximum Gasteiger partial charge on any atom is 0.168 e. The Hall–Kier alpha value is -1.41. The van der Waals surface area contributed by atoms with Gasteiger partial charge in [0.2, 0.25) is 0 Å². The van der Waals surface area contributed by atoms with Gasteiger partial charge in [0, 0.05) is 0 Å². The van der Waals surface area contributed by atoms with Gasteiger partial charge >= 0.3 is 0 Å². The molecule has 0 bridgehead atoms. The Labute approximate surface area is 103 Å². The van der Waals surface area contributed by atoms with Crippen molar-refractivity contribution in [1.82, 2.24) is 5.32 Å².